The lowest BCUT2D eigenvalue weighted by atomic mass is 10.1. The van der Waals surface area contributed by atoms with Crippen molar-refractivity contribution in [1.29, 1.82) is 0 Å². The maximum atomic E-state index is 12.3. The van der Waals surface area contributed by atoms with Gasteiger partial charge in [-0.05, 0) is 29.3 Å². The average molecular weight is 446 g/mol. The van der Waals surface area contributed by atoms with Crippen LogP contribution < -0.4 is 19.5 Å². The lowest BCUT2D eigenvalue weighted by Crippen LogP contribution is -2.22. The summed E-state index contributed by atoms with van der Waals surface area (Å²) in [6, 6.07) is 13.1. The van der Waals surface area contributed by atoms with Crippen LogP contribution in [-0.4, -0.2) is 37.4 Å². The number of carbonyl (C=O) groups excluding carboxylic acids is 1. The van der Waals surface area contributed by atoms with Gasteiger partial charge in [0.25, 0.3) is 5.91 Å². The fourth-order valence-electron chi connectivity index (χ4n) is 2.66. The average Bonchev–Trinajstić information content (AvgIpc) is 3.28. The Kier molecular flexibility index (Phi) is 7.26. The van der Waals surface area contributed by atoms with Crippen molar-refractivity contribution in [3.8, 4) is 17.2 Å². The first-order chi connectivity index (χ1) is 14.5. The molecular weight excluding hydrogens is 426 g/mol. The van der Waals surface area contributed by atoms with E-state index in [0.717, 1.165) is 22.5 Å². The molecule has 0 atom stereocenters. The number of hydrogen-bond donors (Lipinski definition) is 1. The van der Waals surface area contributed by atoms with Gasteiger partial charge in [-0.2, -0.15) is 0 Å². The molecule has 0 spiro atoms. The topological polar surface area (TPSA) is 82.6 Å². The lowest BCUT2D eigenvalue weighted by molar-refractivity contribution is 0.0950. The van der Waals surface area contributed by atoms with E-state index in [1.807, 2.05) is 30.3 Å². The molecule has 7 nitrogen and oxygen atoms in total. The molecule has 1 N–H and O–H groups in total. The van der Waals surface area contributed by atoms with Gasteiger partial charge in [0.1, 0.15) is 0 Å². The van der Waals surface area contributed by atoms with E-state index in [1.165, 1.54) is 21.3 Å². The number of aromatic nitrogens is 2. The van der Waals surface area contributed by atoms with Crippen LogP contribution in [0.2, 0.25) is 0 Å². The Morgan fingerprint density at radius 1 is 1.03 bits per heavy atom. The Balaban J connectivity index is 1.76. The van der Waals surface area contributed by atoms with Crippen LogP contribution >= 0.6 is 22.9 Å². The molecule has 1 aromatic heterocycles. The number of rotatable bonds is 8. The molecule has 0 fully saturated rings. The van der Waals surface area contributed by atoms with Gasteiger partial charge >= 0.3 is 0 Å². The standard InChI is InChI=1S/C21H20ClN3O4S/c1-27-16-10-14(11-17(28-2)18(16)29-3)9-15(22)20-24-25-21(30-20)19(26)23-12-13-7-5-4-6-8-13/h4-11H,12H2,1-3H3,(H,23,26)/b15-9-. The van der Waals surface area contributed by atoms with Crippen LogP contribution in [0.15, 0.2) is 42.5 Å². The zero-order chi connectivity index (χ0) is 21.5. The van der Waals surface area contributed by atoms with Crippen LogP contribution in [0.3, 0.4) is 0 Å². The van der Waals surface area contributed by atoms with Crippen LogP contribution in [0.5, 0.6) is 17.2 Å². The van der Waals surface area contributed by atoms with Crippen molar-refractivity contribution in [3.05, 3.63) is 63.6 Å². The van der Waals surface area contributed by atoms with E-state index in [9.17, 15) is 4.79 Å². The first-order valence-electron chi connectivity index (χ1n) is 8.89. The molecule has 0 radical (unpaired) electrons. The lowest BCUT2D eigenvalue weighted by Gasteiger charge is -2.12. The third-order valence-electron chi connectivity index (χ3n) is 4.10. The molecule has 0 aliphatic rings. The predicted octanol–water partition coefficient (Wildman–Crippen LogP) is 4.23. The van der Waals surface area contributed by atoms with Gasteiger partial charge in [0.05, 0.1) is 26.4 Å². The van der Waals surface area contributed by atoms with E-state index in [0.29, 0.717) is 33.8 Å². The van der Waals surface area contributed by atoms with Gasteiger partial charge in [0.15, 0.2) is 16.5 Å². The molecule has 3 aromatic rings. The van der Waals surface area contributed by atoms with Gasteiger partial charge in [0.2, 0.25) is 10.8 Å². The fourth-order valence-corrected chi connectivity index (χ4v) is 3.61. The number of hydrogen-bond acceptors (Lipinski definition) is 7. The molecule has 0 saturated carbocycles. The smallest absolute Gasteiger partial charge is 0.282 e. The Bertz CT molecular complexity index is 1030. The zero-order valence-corrected chi connectivity index (χ0v) is 18.2. The Morgan fingerprint density at radius 2 is 1.67 bits per heavy atom. The quantitative estimate of drug-likeness (QED) is 0.558. The van der Waals surface area contributed by atoms with E-state index in [-0.39, 0.29) is 10.9 Å². The Morgan fingerprint density at radius 3 is 2.27 bits per heavy atom. The van der Waals surface area contributed by atoms with Gasteiger partial charge in [-0.1, -0.05) is 53.3 Å². The summed E-state index contributed by atoms with van der Waals surface area (Å²) in [6.45, 7) is 0.406. The molecular formula is C21H20ClN3O4S. The second-order valence-corrected chi connectivity index (χ2v) is 7.42. The summed E-state index contributed by atoms with van der Waals surface area (Å²) < 4.78 is 16.0. The summed E-state index contributed by atoms with van der Waals surface area (Å²) in [5.41, 5.74) is 1.72. The normalized spacial score (nSPS) is 11.1. The van der Waals surface area contributed by atoms with Crippen LogP contribution in [0.4, 0.5) is 0 Å². The number of benzene rings is 2. The summed E-state index contributed by atoms with van der Waals surface area (Å²) in [4.78, 5) is 12.3. The molecule has 1 heterocycles. The second-order valence-electron chi connectivity index (χ2n) is 6.03. The van der Waals surface area contributed by atoms with Crippen molar-refractivity contribution < 1.29 is 19.0 Å². The van der Waals surface area contributed by atoms with Crippen molar-refractivity contribution in [2.45, 2.75) is 6.54 Å². The molecule has 3 rings (SSSR count). The molecule has 2 aromatic carbocycles. The fraction of sp³-hybridized carbons (Fsp3) is 0.190. The molecule has 0 unspecified atom stereocenters. The summed E-state index contributed by atoms with van der Waals surface area (Å²) in [5, 5.41) is 11.8. The second kappa shape index (κ2) is 10.1. The molecule has 0 saturated heterocycles. The van der Waals surface area contributed by atoms with E-state index < -0.39 is 0 Å². The van der Waals surface area contributed by atoms with E-state index >= 15 is 0 Å². The summed E-state index contributed by atoms with van der Waals surface area (Å²) in [6.07, 6.45) is 1.69. The highest BCUT2D eigenvalue weighted by atomic mass is 35.5. The van der Waals surface area contributed by atoms with Crippen molar-refractivity contribution >= 4 is 40.0 Å². The number of amides is 1. The maximum Gasteiger partial charge on any atom is 0.282 e. The SMILES string of the molecule is COc1cc(/C=C(\Cl)c2nnc(C(=O)NCc3ccccc3)s2)cc(OC)c1OC. The van der Waals surface area contributed by atoms with E-state index in [2.05, 4.69) is 15.5 Å². The monoisotopic (exact) mass is 445 g/mol. The van der Waals surface area contributed by atoms with Gasteiger partial charge < -0.3 is 19.5 Å². The van der Waals surface area contributed by atoms with Crippen LogP contribution in [0.25, 0.3) is 11.1 Å². The minimum Gasteiger partial charge on any atom is -0.493 e. The number of nitrogens with zero attached hydrogens (tertiary/aromatic N) is 2. The minimum absolute atomic E-state index is 0.234. The van der Waals surface area contributed by atoms with Crippen LogP contribution in [-0.2, 0) is 6.54 Å². The third-order valence-corrected chi connectivity index (χ3v) is 5.46. The molecule has 0 aliphatic heterocycles. The molecule has 1 amide bonds. The first kappa shape index (κ1) is 21.6. The van der Waals surface area contributed by atoms with Gasteiger partial charge in [-0.15, -0.1) is 10.2 Å². The Labute approximate surface area is 183 Å². The highest BCUT2D eigenvalue weighted by molar-refractivity contribution is 7.15. The van der Waals surface area contributed by atoms with Crippen LogP contribution in [0, 0.1) is 0 Å². The van der Waals surface area contributed by atoms with Gasteiger partial charge in [-0.25, -0.2) is 0 Å². The maximum absolute atomic E-state index is 12.3. The van der Waals surface area contributed by atoms with Crippen molar-refractivity contribution in [1.82, 2.24) is 15.5 Å². The van der Waals surface area contributed by atoms with Gasteiger partial charge in [0, 0.05) is 6.54 Å². The van der Waals surface area contributed by atoms with Crippen molar-refractivity contribution in [3.63, 3.8) is 0 Å². The Hall–Kier alpha value is -3.10. The number of carbonyl (C=O) groups is 1. The highest BCUT2D eigenvalue weighted by Gasteiger charge is 2.16. The summed E-state index contributed by atoms with van der Waals surface area (Å²) >= 11 is 7.53. The molecule has 0 aliphatic carbocycles. The van der Waals surface area contributed by atoms with Gasteiger partial charge in [-0.3, -0.25) is 4.79 Å². The molecule has 30 heavy (non-hydrogen) atoms. The number of nitrogens with one attached hydrogen (secondary N) is 1. The summed E-state index contributed by atoms with van der Waals surface area (Å²) in [7, 11) is 4.61. The van der Waals surface area contributed by atoms with Crippen molar-refractivity contribution in [2.75, 3.05) is 21.3 Å². The molecule has 156 valence electrons. The van der Waals surface area contributed by atoms with E-state index in [1.54, 1.807) is 18.2 Å². The van der Waals surface area contributed by atoms with Crippen molar-refractivity contribution in [2.24, 2.45) is 0 Å². The zero-order valence-electron chi connectivity index (χ0n) is 16.6. The number of ether oxygens (including phenoxy) is 3. The minimum atomic E-state index is -0.306. The number of halogens is 1. The number of methoxy groups -OCH3 is 3. The summed E-state index contributed by atoms with van der Waals surface area (Å²) in [5.74, 6) is 1.19. The van der Waals surface area contributed by atoms with Crippen LogP contribution in [0.1, 0.15) is 25.9 Å². The third kappa shape index (κ3) is 5.08. The van der Waals surface area contributed by atoms with E-state index in [4.69, 9.17) is 25.8 Å². The molecule has 0 bridgehead atoms. The molecule has 9 heteroatoms. The largest absolute Gasteiger partial charge is 0.493 e. The highest BCUT2D eigenvalue weighted by Crippen LogP contribution is 2.39. The predicted molar refractivity (Wildman–Crippen MR) is 117 cm³/mol. The first-order valence-corrected chi connectivity index (χ1v) is 10.1.